The molecule has 1 amide bonds. The highest BCUT2D eigenvalue weighted by Gasteiger charge is 2.29. The van der Waals surface area contributed by atoms with E-state index in [0.717, 1.165) is 18.9 Å². The van der Waals surface area contributed by atoms with Gasteiger partial charge in [-0.2, -0.15) is 0 Å². The van der Waals surface area contributed by atoms with Crippen LogP contribution in [0.3, 0.4) is 0 Å². The third-order valence-corrected chi connectivity index (χ3v) is 4.03. The van der Waals surface area contributed by atoms with Gasteiger partial charge in [0, 0.05) is 24.5 Å². The van der Waals surface area contributed by atoms with Crippen molar-refractivity contribution in [3.05, 3.63) is 36.5 Å². The maximum Gasteiger partial charge on any atom is 0.227 e. The van der Waals surface area contributed by atoms with Gasteiger partial charge < -0.3 is 10.6 Å². The summed E-state index contributed by atoms with van der Waals surface area (Å²) in [5, 5.41) is 6.19. The Kier molecular flexibility index (Phi) is 7.00. The Bertz CT molecular complexity index is 657. The molecule has 3 rings (SSSR count). The fraction of sp³-hybridized carbons (Fsp3) is 0.400. The summed E-state index contributed by atoms with van der Waals surface area (Å²) in [7, 11) is 0. The van der Waals surface area contributed by atoms with Crippen LogP contribution in [0.15, 0.2) is 30.7 Å². The second kappa shape index (κ2) is 8.29. The Labute approximate surface area is 147 Å². The van der Waals surface area contributed by atoms with Gasteiger partial charge in [0.05, 0.1) is 5.69 Å². The summed E-state index contributed by atoms with van der Waals surface area (Å²) in [5.41, 5.74) is 0.711. The van der Waals surface area contributed by atoms with Crippen molar-refractivity contribution in [3.63, 3.8) is 0 Å². The first kappa shape index (κ1) is 19.4. The van der Waals surface area contributed by atoms with Crippen molar-refractivity contribution in [2.24, 2.45) is 11.8 Å². The lowest BCUT2D eigenvalue weighted by Crippen LogP contribution is -2.48. The molecule has 1 saturated heterocycles. The molecule has 126 valence electrons. The number of hydrogen-bond donors (Lipinski definition) is 2. The van der Waals surface area contributed by atoms with Crippen molar-refractivity contribution in [1.29, 1.82) is 0 Å². The monoisotopic (exact) mass is 357 g/mol. The van der Waals surface area contributed by atoms with E-state index >= 15 is 0 Å². The van der Waals surface area contributed by atoms with E-state index in [1.165, 1.54) is 0 Å². The first-order valence-electron chi connectivity index (χ1n) is 7.13. The van der Waals surface area contributed by atoms with E-state index in [0.29, 0.717) is 17.4 Å². The Morgan fingerprint density at radius 3 is 2.65 bits per heavy atom. The van der Waals surface area contributed by atoms with Gasteiger partial charge in [0.2, 0.25) is 5.91 Å². The number of carbonyl (C=O) groups excluding carboxylic acids is 1. The van der Waals surface area contributed by atoms with Crippen molar-refractivity contribution in [3.8, 4) is 5.82 Å². The molecule has 0 spiro atoms. The first-order chi connectivity index (χ1) is 10.2. The van der Waals surface area contributed by atoms with Gasteiger partial charge in [-0.1, -0.05) is 6.92 Å². The van der Waals surface area contributed by atoms with Crippen LogP contribution in [0.4, 0.5) is 5.69 Å². The lowest BCUT2D eigenvalue weighted by Gasteiger charge is -2.31. The second-order valence-electron chi connectivity index (χ2n) is 5.42. The van der Waals surface area contributed by atoms with Crippen molar-refractivity contribution >= 4 is 36.4 Å². The molecule has 3 heterocycles. The number of aromatic nitrogens is 3. The van der Waals surface area contributed by atoms with E-state index in [1.807, 2.05) is 36.7 Å². The van der Waals surface area contributed by atoms with Gasteiger partial charge in [-0.25, -0.2) is 9.97 Å². The largest absolute Gasteiger partial charge is 0.323 e. The van der Waals surface area contributed by atoms with Crippen LogP contribution >= 0.6 is 24.8 Å². The third-order valence-electron chi connectivity index (χ3n) is 4.03. The topological polar surface area (TPSA) is 71.8 Å². The van der Waals surface area contributed by atoms with Gasteiger partial charge in [0.15, 0.2) is 5.82 Å². The molecule has 0 aliphatic carbocycles. The summed E-state index contributed by atoms with van der Waals surface area (Å²) < 4.78 is 1.87. The van der Waals surface area contributed by atoms with Crippen LogP contribution in [-0.4, -0.2) is 33.5 Å². The van der Waals surface area contributed by atoms with Crippen molar-refractivity contribution in [1.82, 2.24) is 19.9 Å². The maximum atomic E-state index is 12.4. The number of nitrogens with zero attached hydrogens (tertiary/aromatic N) is 3. The van der Waals surface area contributed by atoms with Crippen LogP contribution < -0.4 is 10.6 Å². The number of amides is 1. The molecular weight excluding hydrogens is 337 g/mol. The highest BCUT2D eigenvalue weighted by atomic mass is 35.5. The molecule has 2 aromatic heterocycles. The molecule has 1 atom stereocenters. The first-order valence-corrected chi connectivity index (χ1v) is 7.13. The second-order valence-corrected chi connectivity index (χ2v) is 5.42. The SMILES string of the molecule is Cc1nccn1-c1ncccc1NC(=O)C(C)C1CNC1.Cl.Cl. The summed E-state index contributed by atoms with van der Waals surface area (Å²) in [6.45, 7) is 5.70. The summed E-state index contributed by atoms with van der Waals surface area (Å²) in [4.78, 5) is 20.9. The summed E-state index contributed by atoms with van der Waals surface area (Å²) >= 11 is 0. The van der Waals surface area contributed by atoms with E-state index in [1.54, 1.807) is 12.4 Å². The predicted octanol–water partition coefficient (Wildman–Crippen LogP) is 2.21. The van der Waals surface area contributed by atoms with E-state index < -0.39 is 0 Å². The fourth-order valence-corrected chi connectivity index (χ4v) is 2.41. The third kappa shape index (κ3) is 4.02. The van der Waals surface area contributed by atoms with Crippen LogP contribution in [0.1, 0.15) is 12.7 Å². The lowest BCUT2D eigenvalue weighted by atomic mass is 9.88. The molecule has 1 aliphatic rings. The maximum absolute atomic E-state index is 12.4. The zero-order valence-corrected chi connectivity index (χ0v) is 14.7. The molecule has 1 aliphatic heterocycles. The molecular formula is C15H21Cl2N5O. The number of anilines is 1. The number of nitrogens with one attached hydrogen (secondary N) is 2. The van der Waals surface area contributed by atoms with Gasteiger partial charge in [0.1, 0.15) is 5.82 Å². The standard InChI is InChI=1S/C15H19N5O.2ClH/c1-10(12-8-16-9-12)15(21)19-13-4-3-5-18-14(13)20-7-6-17-11(20)2;;/h3-7,10,12,16H,8-9H2,1-2H3,(H,19,21);2*1H. The predicted molar refractivity (Wildman–Crippen MR) is 94.7 cm³/mol. The van der Waals surface area contributed by atoms with Crippen LogP contribution in [0.25, 0.3) is 5.82 Å². The van der Waals surface area contributed by atoms with Gasteiger partial charge in [-0.3, -0.25) is 9.36 Å². The highest BCUT2D eigenvalue weighted by Crippen LogP contribution is 2.22. The number of hydrogen-bond acceptors (Lipinski definition) is 4. The van der Waals surface area contributed by atoms with E-state index in [-0.39, 0.29) is 36.6 Å². The van der Waals surface area contributed by atoms with Gasteiger partial charge in [0.25, 0.3) is 0 Å². The Balaban J connectivity index is 0.00000132. The molecule has 0 bridgehead atoms. The molecule has 8 heteroatoms. The number of aryl methyl sites for hydroxylation is 1. The number of rotatable bonds is 4. The van der Waals surface area contributed by atoms with Crippen molar-refractivity contribution in [2.45, 2.75) is 13.8 Å². The molecule has 2 aromatic rings. The molecule has 6 nitrogen and oxygen atoms in total. The lowest BCUT2D eigenvalue weighted by molar-refractivity contribution is -0.121. The van der Waals surface area contributed by atoms with E-state index in [9.17, 15) is 4.79 Å². The molecule has 0 saturated carbocycles. The Hall–Kier alpha value is -1.63. The van der Waals surface area contributed by atoms with Crippen molar-refractivity contribution in [2.75, 3.05) is 18.4 Å². The molecule has 2 N–H and O–H groups in total. The number of imidazole rings is 1. The average Bonchev–Trinajstić information content (AvgIpc) is 2.83. The summed E-state index contributed by atoms with van der Waals surface area (Å²) in [5.74, 6) is 1.97. The summed E-state index contributed by atoms with van der Waals surface area (Å²) in [6, 6.07) is 3.69. The highest BCUT2D eigenvalue weighted by molar-refractivity contribution is 5.94. The number of carbonyl (C=O) groups is 1. The minimum atomic E-state index is -0.0109. The van der Waals surface area contributed by atoms with E-state index in [4.69, 9.17) is 0 Å². The Morgan fingerprint density at radius 1 is 1.35 bits per heavy atom. The summed E-state index contributed by atoms with van der Waals surface area (Å²) in [6.07, 6.45) is 5.27. The zero-order valence-electron chi connectivity index (χ0n) is 13.0. The molecule has 23 heavy (non-hydrogen) atoms. The fourth-order valence-electron chi connectivity index (χ4n) is 2.41. The minimum Gasteiger partial charge on any atom is -0.323 e. The van der Waals surface area contributed by atoms with E-state index in [2.05, 4.69) is 20.6 Å². The number of halogens is 2. The molecule has 1 unspecified atom stereocenters. The smallest absolute Gasteiger partial charge is 0.227 e. The molecule has 1 fully saturated rings. The average molecular weight is 358 g/mol. The Morgan fingerprint density at radius 2 is 2.09 bits per heavy atom. The van der Waals surface area contributed by atoms with Gasteiger partial charge >= 0.3 is 0 Å². The van der Waals surface area contributed by atoms with Crippen LogP contribution in [0, 0.1) is 18.8 Å². The van der Waals surface area contributed by atoms with Crippen LogP contribution in [-0.2, 0) is 4.79 Å². The number of pyridine rings is 1. The minimum absolute atomic E-state index is 0. The van der Waals surface area contributed by atoms with Crippen molar-refractivity contribution < 1.29 is 4.79 Å². The zero-order chi connectivity index (χ0) is 14.8. The van der Waals surface area contributed by atoms with Gasteiger partial charge in [-0.05, 0) is 38.1 Å². The molecule has 0 aromatic carbocycles. The van der Waals surface area contributed by atoms with Crippen LogP contribution in [0.2, 0.25) is 0 Å². The van der Waals surface area contributed by atoms with Crippen LogP contribution in [0.5, 0.6) is 0 Å². The normalized spacial score (nSPS) is 14.9. The van der Waals surface area contributed by atoms with Gasteiger partial charge in [-0.15, -0.1) is 24.8 Å². The quantitative estimate of drug-likeness (QED) is 0.879. The molecule has 0 radical (unpaired) electrons.